The Kier molecular flexibility index (Phi) is 3.91. The van der Waals surface area contributed by atoms with E-state index in [0.29, 0.717) is 6.04 Å². The molecule has 5 nitrogen and oxygen atoms in total. The minimum Gasteiger partial charge on any atom is -0.353 e. The lowest BCUT2D eigenvalue weighted by Gasteiger charge is -2.37. The molecule has 2 heterocycles. The first kappa shape index (κ1) is 12.3. The van der Waals surface area contributed by atoms with Crippen molar-refractivity contribution in [1.29, 1.82) is 0 Å². The van der Waals surface area contributed by atoms with E-state index in [1.165, 1.54) is 0 Å². The number of nitrogens with one attached hydrogen (secondary N) is 1. The van der Waals surface area contributed by atoms with Crippen molar-refractivity contribution in [2.75, 3.05) is 45.6 Å². The van der Waals surface area contributed by atoms with Crippen molar-refractivity contribution in [3.8, 4) is 0 Å². The van der Waals surface area contributed by atoms with Gasteiger partial charge in [0.1, 0.15) is 0 Å². The third-order valence-electron chi connectivity index (χ3n) is 3.26. The molecular formula is C12H21N5. The normalized spacial score (nSPS) is 22.6. The molecule has 1 aliphatic rings. The van der Waals surface area contributed by atoms with Gasteiger partial charge < -0.3 is 10.2 Å². The van der Waals surface area contributed by atoms with E-state index in [9.17, 15) is 0 Å². The van der Waals surface area contributed by atoms with Crippen LogP contribution >= 0.6 is 0 Å². The van der Waals surface area contributed by atoms with Crippen molar-refractivity contribution in [1.82, 2.24) is 19.8 Å². The molecule has 5 heteroatoms. The number of likely N-dealkylation sites (N-methyl/N-ethyl adjacent to an activating group) is 2. The van der Waals surface area contributed by atoms with Gasteiger partial charge in [-0.25, -0.2) is 9.97 Å². The maximum Gasteiger partial charge on any atom is 0.222 e. The van der Waals surface area contributed by atoms with E-state index in [-0.39, 0.29) is 0 Å². The van der Waals surface area contributed by atoms with Crippen LogP contribution in [-0.2, 0) is 0 Å². The average molecular weight is 235 g/mol. The van der Waals surface area contributed by atoms with Gasteiger partial charge in [-0.2, -0.15) is 0 Å². The maximum absolute atomic E-state index is 4.25. The quantitative estimate of drug-likeness (QED) is 0.824. The van der Waals surface area contributed by atoms with Crippen LogP contribution in [0.2, 0.25) is 0 Å². The molecule has 1 atom stereocenters. The molecule has 1 aromatic rings. The summed E-state index contributed by atoms with van der Waals surface area (Å²) in [6.07, 6.45) is 3.68. The monoisotopic (exact) mass is 235 g/mol. The highest BCUT2D eigenvalue weighted by molar-refractivity contribution is 5.24. The third-order valence-corrected chi connectivity index (χ3v) is 3.26. The summed E-state index contributed by atoms with van der Waals surface area (Å²) in [5.41, 5.74) is 1.09. The van der Waals surface area contributed by atoms with Crippen LogP contribution in [0.25, 0.3) is 0 Å². The van der Waals surface area contributed by atoms with Gasteiger partial charge in [-0.15, -0.1) is 0 Å². The number of rotatable bonds is 3. The van der Waals surface area contributed by atoms with Crippen molar-refractivity contribution in [2.24, 2.45) is 0 Å². The molecule has 1 unspecified atom stereocenters. The Morgan fingerprint density at radius 2 is 2.00 bits per heavy atom. The van der Waals surface area contributed by atoms with E-state index in [2.05, 4.69) is 39.2 Å². The topological polar surface area (TPSA) is 44.3 Å². The molecule has 94 valence electrons. The molecule has 0 saturated carbocycles. The van der Waals surface area contributed by atoms with Gasteiger partial charge in [0.25, 0.3) is 0 Å². The van der Waals surface area contributed by atoms with E-state index < -0.39 is 0 Å². The second kappa shape index (κ2) is 5.42. The van der Waals surface area contributed by atoms with Crippen molar-refractivity contribution >= 4 is 5.95 Å². The highest BCUT2D eigenvalue weighted by Gasteiger charge is 2.21. The number of hydrogen-bond acceptors (Lipinski definition) is 5. The Morgan fingerprint density at radius 1 is 1.29 bits per heavy atom. The van der Waals surface area contributed by atoms with Gasteiger partial charge in [0.2, 0.25) is 5.95 Å². The molecule has 17 heavy (non-hydrogen) atoms. The number of nitrogens with zero attached hydrogens (tertiary/aromatic N) is 4. The second-order valence-electron chi connectivity index (χ2n) is 4.86. The molecule has 0 amide bonds. The van der Waals surface area contributed by atoms with E-state index in [1.54, 1.807) is 0 Å². The van der Waals surface area contributed by atoms with Gasteiger partial charge in [0.15, 0.2) is 0 Å². The number of hydrogen-bond donors (Lipinski definition) is 1. The molecule has 0 bridgehead atoms. The van der Waals surface area contributed by atoms with Crippen molar-refractivity contribution < 1.29 is 0 Å². The summed E-state index contributed by atoms with van der Waals surface area (Å²) < 4.78 is 0. The smallest absolute Gasteiger partial charge is 0.222 e. The van der Waals surface area contributed by atoms with Crippen LogP contribution in [0.3, 0.4) is 0 Å². The first-order valence-electron chi connectivity index (χ1n) is 6.06. The Labute approximate surface area is 103 Å². The van der Waals surface area contributed by atoms with Gasteiger partial charge in [0.05, 0.1) is 0 Å². The lowest BCUT2D eigenvalue weighted by atomic mass is 10.2. The maximum atomic E-state index is 4.25. The first-order chi connectivity index (χ1) is 8.15. The highest BCUT2D eigenvalue weighted by atomic mass is 15.3. The highest BCUT2D eigenvalue weighted by Crippen LogP contribution is 2.07. The van der Waals surface area contributed by atoms with Crippen molar-refractivity contribution in [3.05, 3.63) is 18.0 Å². The van der Waals surface area contributed by atoms with E-state index >= 15 is 0 Å². The van der Waals surface area contributed by atoms with Crippen LogP contribution in [0.5, 0.6) is 0 Å². The molecule has 1 saturated heterocycles. The molecule has 0 aliphatic carbocycles. The Bertz CT molecular complexity index is 350. The molecule has 0 aromatic carbocycles. The van der Waals surface area contributed by atoms with E-state index in [1.807, 2.05) is 19.3 Å². The standard InChI is InChI=1S/C12H21N5/c1-10-6-13-12(14-7-10)15-8-11-9-16(2)4-5-17(11)3/h6-7,11H,4-5,8-9H2,1-3H3,(H,13,14,15). The average Bonchev–Trinajstić information content (AvgIpc) is 2.32. The predicted octanol–water partition coefficient (Wildman–Crippen LogP) is 0.443. The van der Waals surface area contributed by atoms with Gasteiger partial charge in [-0.3, -0.25) is 4.90 Å². The zero-order chi connectivity index (χ0) is 12.3. The number of anilines is 1. The summed E-state index contributed by atoms with van der Waals surface area (Å²) in [4.78, 5) is 13.3. The fourth-order valence-corrected chi connectivity index (χ4v) is 2.01. The zero-order valence-corrected chi connectivity index (χ0v) is 10.8. The SMILES string of the molecule is Cc1cnc(NCC2CN(C)CCN2C)nc1. The van der Waals surface area contributed by atoms with E-state index in [0.717, 1.165) is 37.7 Å². The Morgan fingerprint density at radius 3 is 2.71 bits per heavy atom. The zero-order valence-electron chi connectivity index (χ0n) is 10.8. The second-order valence-corrected chi connectivity index (χ2v) is 4.86. The molecule has 1 N–H and O–H groups in total. The molecule has 0 radical (unpaired) electrons. The lowest BCUT2D eigenvalue weighted by molar-refractivity contribution is 0.121. The van der Waals surface area contributed by atoms with Crippen LogP contribution in [-0.4, -0.2) is 66.1 Å². The molecule has 0 spiro atoms. The number of piperazine rings is 1. The predicted molar refractivity (Wildman–Crippen MR) is 69.2 cm³/mol. The van der Waals surface area contributed by atoms with Crippen LogP contribution < -0.4 is 5.32 Å². The lowest BCUT2D eigenvalue weighted by Crippen LogP contribution is -2.52. The molecule has 1 fully saturated rings. The summed E-state index contributed by atoms with van der Waals surface area (Å²) in [5.74, 6) is 0.720. The van der Waals surface area contributed by atoms with E-state index in [4.69, 9.17) is 0 Å². The Balaban J connectivity index is 1.86. The fourth-order valence-electron chi connectivity index (χ4n) is 2.01. The van der Waals surface area contributed by atoms with Gasteiger partial charge in [-0.1, -0.05) is 0 Å². The molecule has 1 aromatic heterocycles. The number of aryl methyl sites for hydroxylation is 1. The van der Waals surface area contributed by atoms with Crippen LogP contribution in [0.1, 0.15) is 5.56 Å². The summed E-state index contributed by atoms with van der Waals surface area (Å²) in [6.45, 7) is 6.25. The van der Waals surface area contributed by atoms with Gasteiger partial charge in [0, 0.05) is 44.6 Å². The van der Waals surface area contributed by atoms with Crippen LogP contribution in [0, 0.1) is 6.92 Å². The summed E-state index contributed by atoms with van der Waals surface area (Å²) >= 11 is 0. The Hall–Kier alpha value is -1.20. The van der Waals surface area contributed by atoms with Crippen molar-refractivity contribution in [3.63, 3.8) is 0 Å². The summed E-state index contributed by atoms with van der Waals surface area (Å²) in [7, 11) is 4.34. The summed E-state index contributed by atoms with van der Waals surface area (Å²) in [5, 5.41) is 3.30. The fraction of sp³-hybridized carbons (Fsp3) is 0.667. The molecule has 2 rings (SSSR count). The molecule has 1 aliphatic heterocycles. The largest absolute Gasteiger partial charge is 0.353 e. The summed E-state index contributed by atoms with van der Waals surface area (Å²) in [6, 6.07) is 0.527. The first-order valence-corrected chi connectivity index (χ1v) is 6.06. The minimum atomic E-state index is 0.527. The van der Waals surface area contributed by atoms with Crippen LogP contribution in [0.4, 0.5) is 5.95 Å². The van der Waals surface area contributed by atoms with Gasteiger partial charge >= 0.3 is 0 Å². The van der Waals surface area contributed by atoms with Gasteiger partial charge in [-0.05, 0) is 26.6 Å². The third kappa shape index (κ3) is 3.38. The minimum absolute atomic E-state index is 0.527. The number of aromatic nitrogens is 2. The van der Waals surface area contributed by atoms with Crippen molar-refractivity contribution in [2.45, 2.75) is 13.0 Å². The van der Waals surface area contributed by atoms with Crippen LogP contribution in [0.15, 0.2) is 12.4 Å². The molecular weight excluding hydrogens is 214 g/mol.